The van der Waals surface area contributed by atoms with Gasteiger partial charge in [-0.3, -0.25) is 0 Å². The molecule has 1 N–H and O–H groups in total. The Kier molecular flexibility index (Phi) is 4.48. The summed E-state index contributed by atoms with van der Waals surface area (Å²) >= 11 is 0. The second kappa shape index (κ2) is 5.96. The van der Waals surface area contributed by atoms with Gasteiger partial charge < -0.3 is 9.88 Å². The second-order valence-corrected chi connectivity index (χ2v) is 6.21. The van der Waals surface area contributed by atoms with Crippen LogP contribution in [0.2, 0.25) is 0 Å². The fraction of sp³-hybridized carbons (Fsp3) is 0.588. The SMILES string of the molecule is CCc1nc2ccccc2n1C(C)CNC(C)(C)CC. The summed E-state index contributed by atoms with van der Waals surface area (Å²) in [6, 6.07) is 8.82. The molecule has 3 nitrogen and oxygen atoms in total. The highest BCUT2D eigenvalue weighted by molar-refractivity contribution is 5.76. The summed E-state index contributed by atoms with van der Waals surface area (Å²) in [7, 11) is 0. The summed E-state index contributed by atoms with van der Waals surface area (Å²) in [6.07, 6.45) is 2.10. The fourth-order valence-electron chi connectivity index (χ4n) is 2.48. The van der Waals surface area contributed by atoms with Gasteiger partial charge in [0.05, 0.1) is 11.0 Å². The number of fused-ring (bicyclic) bond motifs is 1. The molecule has 0 aliphatic carbocycles. The molecular weight excluding hydrogens is 246 g/mol. The molecule has 0 bridgehead atoms. The number of rotatable bonds is 6. The van der Waals surface area contributed by atoms with E-state index in [1.165, 1.54) is 11.3 Å². The molecule has 3 heteroatoms. The van der Waals surface area contributed by atoms with Crippen LogP contribution in [-0.2, 0) is 6.42 Å². The Morgan fingerprint density at radius 3 is 2.60 bits per heavy atom. The molecule has 0 amide bonds. The topological polar surface area (TPSA) is 29.9 Å². The molecule has 0 saturated heterocycles. The first-order chi connectivity index (χ1) is 9.48. The van der Waals surface area contributed by atoms with E-state index in [0.29, 0.717) is 6.04 Å². The van der Waals surface area contributed by atoms with Crippen LogP contribution in [0.25, 0.3) is 11.0 Å². The number of nitrogens with one attached hydrogen (secondary N) is 1. The number of aryl methyl sites for hydroxylation is 1. The number of nitrogens with zero attached hydrogens (tertiary/aromatic N) is 2. The highest BCUT2D eigenvalue weighted by atomic mass is 15.1. The van der Waals surface area contributed by atoms with Gasteiger partial charge in [0.1, 0.15) is 5.82 Å². The van der Waals surface area contributed by atoms with E-state index >= 15 is 0 Å². The molecule has 1 unspecified atom stereocenters. The van der Waals surface area contributed by atoms with Gasteiger partial charge in [0.25, 0.3) is 0 Å². The van der Waals surface area contributed by atoms with E-state index < -0.39 is 0 Å². The molecule has 2 aromatic rings. The third-order valence-electron chi connectivity index (χ3n) is 4.19. The molecule has 1 aromatic carbocycles. The standard InChI is InChI=1S/C17H27N3/c1-6-16-19-14-10-8-9-11-15(14)20(16)13(3)12-18-17(4,5)7-2/h8-11,13,18H,6-7,12H2,1-5H3. The van der Waals surface area contributed by atoms with Gasteiger partial charge in [0.2, 0.25) is 0 Å². The van der Waals surface area contributed by atoms with Gasteiger partial charge >= 0.3 is 0 Å². The van der Waals surface area contributed by atoms with Crippen LogP contribution in [0, 0.1) is 0 Å². The van der Waals surface area contributed by atoms with Crippen molar-refractivity contribution in [2.75, 3.05) is 6.54 Å². The van der Waals surface area contributed by atoms with Gasteiger partial charge in [-0.15, -0.1) is 0 Å². The first kappa shape index (κ1) is 15.0. The highest BCUT2D eigenvalue weighted by Crippen LogP contribution is 2.22. The predicted molar refractivity (Wildman–Crippen MR) is 86.2 cm³/mol. The molecule has 0 aliphatic heterocycles. The minimum Gasteiger partial charge on any atom is -0.324 e. The molecule has 2 rings (SSSR count). The molecule has 110 valence electrons. The van der Waals surface area contributed by atoms with Crippen LogP contribution in [0.1, 0.15) is 52.9 Å². The zero-order valence-electron chi connectivity index (χ0n) is 13.4. The molecular formula is C17H27N3. The zero-order valence-corrected chi connectivity index (χ0v) is 13.4. The quantitative estimate of drug-likeness (QED) is 0.864. The highest BCUT2D eigenvalue weighted by Gasteiger charge is 2.18. The minimum atomic E-state index is 0.191. The lowest BCUT2D eigenvalue weighted by Crippen LogP contribution is -2.41. The van der Waals surface area contributed by atoms with E-state index in [4.69, 9.17) is 4.98 Å². The Hall–Kier alpha value is -1.35. The number of benzene rings is 1. The maximum absolute atomic E-state index is 4.75. The van der Waals surface area contributed by atoms with E-state index in [2.05, 4.69) is 68.8 Å². The van der Waals surface area contributed by atoms with E-state index in [1.54, 1.807) is 0 Å². The van der Waals surface area contributed by atoms with Crippen LogP contribution in [0.4, 0.5) is 0 Å². The third-order valence-corrected chi connectivity index (χ3v) is 4.19. The number of imidazole rings is 1. The van der Waals surface area contributed by atoms with Gasteiger partial charge in [0, 0.05) is 24.5 Å². The van der Waals surface area contributed by atoms with Gasteiger partial charge in [-0.1, -0.05) is 26.0 Å². The number of hydrogen-bond donors (Lipinski definition) is 1. The molecule has 0 radical (unpaired) electrons. The lowest BCUT2D eigenvalue weighted by atomic mass is 10.0. The van der Waals surface area contributed by atoms with Crippen LogP contribution in [-0.4, -0.2) is 21.6 Å². The Bertz CT molecular complexity index is 569. The van der Waals surface area contributed by atoms with Gasteiger partial charge in [-0.2, -0.15) is 0 Å². The molecule has 0 saturated carbocycles. The smallest absolute Gasteiger partial charge is 0.109 e. The van der Waals surface area contributed by atoms with E-state index in [-0.39, 0.29) is 5.54 Å². The molecule has 1 heterocycles. The van der Waals surface area contributed by atoms with Crippen LogP contribution in [0.3, 0.4) is 0 Å². The van der Waals surface area contributed by atoms with Crippen LogP contribution in [0.15, 0.2) is 24.3 Å². The average Bonchev–Trinajstić information content (AvgIpc) is 2.83. The molecule has 0 spiro atoms. The maximum atomic E-state index is 4.75. The molecule has 1 atom stereocenters. The molecule has 20 heavy (non-hydrogen) atoms. The number of para-hydroxylation sites is 2. The normalized spacial score (nSPS) is 13.8. The lowest BCUT2D eigenvalue weighted by molar-refractivity contribution is 0.344. The van der Waals surface area contributed by atoms with Crippen molar-refractivity contribution in [2.45, 2.75) is 59.0 Å². The van der Waals surface area contributed by atoms with E-state index in [9.17, 15) is 0 Å². The monoisotopic (exact) mass is 273 g/mol. The van der Waals surface area contributed by atoms with Crippen LogP contribution in [0.5, 0.6) is 0 Å². The van der Waals surface area contributed by atoms with Crippen molar-refractivity contribution in [3.8, 4) is 0 Å². The molecule has 0 fully saturated rings. The van der Waals surface area contributed by atoms with Gasteiger partial charge in [-0.05, 0) is 39.3 Å². The van der Waals surface area contributed by atoms with E-state index in [0.717, 1.165) is 24.9 Å². The first-order valence-electron chi connectivity index (χ1n) is 7.69. The number of aromatic nitrogens is 2. The van der Waals surface area contributed by atoms with E-state index in [1.807, 2.05) is 0 Å². The van der Waals surface area contributed by atoms with Crippen molar-refractivity contribution in [3.05, 3.63) is 30.1 Å². The Morgan fingerprint density at radius 2 is 1.95 bits per heavy atom. The predicted octanol–water partition coefficient (Wildman–Crippen LogP) is 3.94. The third kappa shape index (κ3) is 3.04. The van der Waals surface area contributed by atoms with Crippen molar-refractivity contribution < 1.29 is 0 Å². The second-order valence-electron chi connectivity index (χ2n) is 6.21. The summed E-state index contributed by atoms with van der Waals surface area (Å²) in [5.74, 6) is 1.18. The summed E-state index contributed by atoms with van der Waals surface area (Å²) in [5, 5.41) is 3.66. The Balaban J connectivity index is 2.27. The van der Waals surface area contributed by atoms with Crippen molar-refractivity contribution in [3.63, 3.8) is 0 Å². The van der Waals surface area contributed by atoms with Crippen molar-refractivity contribution in [1.29, 1.82) is 0 Å². The Labute approximate surface area is 122 Å². The lowest BCUT2D eigenvalue weighted by Gasteiger charge is -2.28. The fourth-order valence-corrected chi connectivity index (χ4v) is 2.48. The van der Waals surface area contributed by atoms with Gasteiger partial charge in [0.15, 0.2) is 0 Å². The summed E-state index contributed by atoms with van der Waals surface area (Å²) in [6.45, 7) is 12.1. The average molecular weight is 273 g/mol. The van der Waals surface area contributed by atoms with Crippen molar-refractivity contribution >= 4 is 11.0 Å². The van der Waals surface area contributed by atoms with Crippen LogP contribution >= 0.6 is 0 Å². The van der Waals surface area contributed by atoms with Gasteiger partial charge in [-0.25, -0.2) is 4.98 Å². The number of hydrogen-bond acceptors (Lipinski definition) is 2. The molecule has 1 aromatic heterocycles. The van der Waals surface area contributed by atoms with Crippen LogP contribution < -0.4 is 5.32 Å². The summed E-state index contributed by atoms with van der Waals surface area (Å²) in [5.41, 5.74) is 2.54. The first-order valence-corrected chi connectivity index (χ1v) is 7.69. The largest absolute Gasteiger partial charge is 0.324 e. The minimum absolute atomic E-state index is 0.191. The zero-order chi connectivity index (χ0) is 14.8. The Morgan fingerprint density at radius 1 is 1.25 bits per heavy atom. The summed E-state index contributed by atoms with van der Waals surface area (Å²) < 4.78 is 2.38. The van der Waals surface area contributed by atoms with Crippen molar-refractivity contribution in [2.24, 2.45) is 0 Å². The molecule has 0 aliphatic rings. The maximum Gasteiger partial charge on any atom is 0.109 e. The van der Waals surface area contributed by atoms with Crippen molar-refractivity contribution in [1.82, 2.24) is 14.9 Å². The summed E-state index contributed by atoms with van der Waals surface area (Å²) in [4.78, 5) is 4.75.